The number of fused-ring (bicyclic) bond motifs is 2. The molecule has 0 bridgehead atoms. The van der Waals surface area contributed by atoms with Gasteiger partial charge in [-0.15, -0.1) is 0 Å². The van der Waals surface area contributed by atoms with Crippen molar-refractivity contribution in [2.24, 2.45) is 5.41 Å². The van der Waals surface area contributed by atoms with Gasteiger partial charge in [-0.2, -0.15) is 0 Å². The summed E-state index contributed by atoms with van der Waals surface area (Å²) in [6.07, 6.45) is 7.77. The molecule has 1 aromatic rings. The summed E-state index contributed by atoms with van der Waals surface area (Å²) in [5.74, 6) is 0. The number of hydrogen-bond acceptors (Lipinski definition) is 1. The van der Waals surface area contributed by atoms with Crippen LogP contribution in [0.3, 0.4) is 0 Å². The van der Waals surface area contributed by atoms with Crippen molar-refractivity contribution in [3.8, 4) is 0 Å². The second kappa shape index (κ2) is 4.27. The highest BCUT2D eigenvalue weighted by molar-refractivity contribution is 5.70. The highest BCUT2D eigenvalue weighted by Gasteiger charge is 2.41. The van der Waals surface area contributed by atoms with Crippen molar-refractivity contribution < 1.29 is 0 Å². The van der Waals surface area contributed by atoms with Crippen molar-refractivity contribution in [1.82, 2.24) is 0 Å². The molecule has 0 unspecified atom stereocenters. The van der Waals surface area contributed by atoms with Crippen LogP contribution in [0.4, 0.5) is 5.69 Å². The first-order chi connectivity index (χ1) is 10.2. The fourth-order valence-electron chi connectivity index (χ4n) is 3.39. The summed E-state index contributed by atoms with van der Waals surface area (Å²) in [7, 11) is 0. The monoisotopic (exact) mass is 271 g/mol. The SMILES string of the molecule is CC1(C)C2=CC(Nc3ccccc3)=C=C=C2C2=C1CC=C2. The third-order valence-corrected chi connectivity index (χ3v) is 4.56. The van der Waals surface area contributed by atoms with Gasteiger partial charge in [0.05, 0.1) is 5.70 Å². The lowest BCUT2D eigenvalue weighted by atomic mass is 9.79. The van der Waals surface area contributed by atoms with Gasteiger partial charge >= 0.3 is 0 Å². The normalized spacial score (nSPS) is 20.8. The molecule has 0 atom stereocenters. The van der Waals surface area contributed by atoms with E-state index in [4.69, 9.17) is 0 Å². The van der Waals surface area contributed by atoms with Crippen molar-refractivity contribution >= 4 is 5.69 Å². The maximum atomic E-state index is 3.41. The summed E-state index contributed by atoms with van der Waals surface area (Å²) in [6, 6.07) is 10.2. The van der Waals surface area contributed by atoms with Crippen LogP contribution in [0.5, 0.6) is 0 Å². The van der Waals surface area contributed by atoms with Crippen LogP contribution in [0, 0.1) is 5.41 Å². The summed E-state index contributed by atoms with van der Waals surface area (Å²) < 4.78 is 0. The zero-order chi connectivity index (χ0) is 14.4. The lowest BCUT2D eigenvalue weighted by molar-refractivity contribution is 0.554. The van der Waals surface area contributed by atoms with E-state index in [2.05, 4.69) is 61.0 Å². The van der Waals surface area contributed by atoms with Crippen molar-refractivity contribution in [3.05, 3.63) is 88.0 Å². The third-order valence-electron chi connectivity index (χ3n) is 4.56. The van der Waals surface area contributed by atoms with Crippen LogP contribution in [0.15, 0.2) is 88.0 Å². The van der Waals surface area contributed by atoms with Crippen LogP contribution in [-0.2, 0) is 0 Å². The van der Waals surface area contributed by atoms with Crippen LogP contribution in [0.2, 0.25) is 0 Å². The van der Waals surface area contributed by atoms with Gasteiger partial charge < -0.3 is 5.32 Å². The molecular weight excluding hydrogens is 254 g/mol. The van der Waals surface area contributed by atoms with Crippen LogP contribution in [0.1, 0.15) is 20.3 Å². The maximum absolute atomic E-state index is 3.41. The maximum Gasteiger partial charge on any atom is 0.0904 e. The van der Waals surface area contributed by atoms with Crippen LogP contribution in [-0.4, -0.2) is 0 Å². The van der Waals surface area contributed by atoms with Gasteiger partial charge in [-0.3, -0.25) is 0 Å². The van der Waals surface area contributed by atoms with Gasteiger partial charge in [0.1, 0.15) is 0 Å². The first kappa shape index (κ1) is 12.3. The predicted molar refractivity (Wildman–Crippen MR) is 86.8 cm³/mol. The lowest BCUT2D eigenvalue weighted by Gasteiger charge is -2.25. The highest BCUT2D eigenvalue weighted by atomic mass is 14.9. The van der Waals surface area contributed by atoms with Crippen molar-refractivity contribution in [3.63, 3.8) is 0 Å². The number of para-hydroxylation sites is 1. The fraction of sp³-hybridized carbons (Fsp3) is 0.200. The molecule has 0 amide bonds. The van der Waals surface area contributed by atoms with E-state index >= 15 is 0 Å². The Balaban J connectivity index is 1.78. The molecule has 0 aromatic heterocycles. The second-order valence-corrected chi connectivity index (χ2v) is 6.21. The molecule has 0 aliphatic heterocycles. The Labute approximate surface area is 125 Å². The van der Waals surface area contributed by atoms with E-state index in [-0.39, 0.29) is 5.41 Å². The average molecular weight is 271 g/mol. The first-order valence-electron chi connectivity index (χ1n) is 7.37. The third kappa shape index (κ3) is 1.80. The molecule has 3 aliphatic carbocycles. The molecule has 1 heteroatoms. The Bertz CT molecular complexity index is 816. The summed E-state index contributed by atoms with van der Waals surface area (Å²) in [5.41, 5.74) is 14.2. The largest absolute Gasteiger partial charge is 0.349 e. The molecule has 3 aliphatic rings. The molecule has 0 saturated heterocycles. The van der Waals surface area contributed by atoms with Gasteiger partial charge in [-0.05, 0) is 47.1 Å². The molecule has 21 heavy (non-hydrogen) atoms. The Kier molecular flexibility index (Phi) is 2.50. The molecule has 0 radical (unpaired) electrons. The van der Waals surface area contributed by atoms with Crippen molar-refractivity contribution in [2.45, 2.75) is 20.3 Å². The fourth-order valence-corrected chi connectivity index (χ4v) is 3.39. The Morgan fingerprint density at radius 2 is 1.90 bits per heavy atom. The van der Waals surface area contributed by atoms with E-state index in [1.807, 2.05) is 18.2 Å². The topological polar surface area (TPSA) is 12.0 Å². The van der Waals surface area contributed by atoms with Gasteiger partial charge in [0, 0.05) is 16.7 Å². The standard InChI is InChI=1S/C20H17N/c1-20(2)18-10-6-9-16(18)17-12-11-15(13-19(17)20)21-14-7-4-3-5-8-14/h3-9,13,21H,10H2,1-2H3. The average Bonchev–Trinajstić information content (AvgIpc) is 3.04. The summed E-state index contributed by atoms with van der Waals surface area (Å²) in [5, 5.41) is 3.41. The molecule has 1 nitrogen and oxygen atoms in total. The predicted octanol–water partition coefficient (Wildman–Crippen LogP) is 4.90. The van der Waals surface area contributed by atoms with Crippen LogP contribution in [0.25, 0.3) is 0 Å². The quantitative estimate of drug-likeness (QED) is 0.754. The molecule has 0 spiro atoms. The zero-order valence-corrected chi connectivity index (χ0v) is 12.3. The molecule has 0 saturated carbocycles. The van der Waals surface area contributed by atoms with Gasteiger partial charge in [0.15, 0.2) is 0 Å². The summed E-state index contributed by atoms with van der Waals surface area (Å²) >= 11 is 0. The van der Waals surface area contributed by atoms with E-state index in [1.54, 1.807) is 0 Å². The van der Waals surface area contributed by atoms with Gasteiger partial charge in [0.25, 0.3) is 0 Å². The molecule has 0 heterocycles. The smallest absolute Gasteiger partial charge is 0.0904 e. The van der Waals surface area contributed by atoms with E-state index in [0.29, 0.717) is 0 Å². The number of anilines is 1. The number of rotatable bonds is 2. The Morgan fingerprint density at radius 1 is 1.10 bits per heavy atom. The van der Waals surface area contributed by atoms with Crippen molar-refractivity contribution in [1.29, 1.82) is 0 Å². The minimum Gasteiger partial charge on any atom is -0.349 e. The minimum atomic E-state index is 0.0902. The van der Waals surface area contributed by atoms with Crippen LogP contribution >= 0.6 is 0 Å². The molecule has 1 N–H and O–H groups in total. The summed E-state index contributed by atoms with van der Waals surface area (Å²) in [6.45, 7) is 4.61. The molecule has 0 fully saturated rings. The van der Waals surface area contributed by atoms with Gasteiger partial charge in [-0.1, -0.05) is 49.9 Å². The first-order valence-corrected chi connectivity index (χ1v) is 7.37. The summed E-state index contributed by atoms with van der Waals surface area (Å²) in [4.78, 5) is 0. The van der Waals surface area contributed by atoms with E-state index < -0.39 is 0 Å². The van der Waals surface area contributed by atoms with E-state index in [0.717, 1.165) is 17.8 Å². The van der Waals surface area contributed by atoms with E-state index in [1.165, 1.54) is 22.3 Å². The second-order valence-electron chi connectivity index (χ2n) is 6.21. The molecular formula is C20H17N. The lowest BCUT2D eigenvalue weighted by Crippen LogP contribution is -2.14. The Hall–Kier alpha value is -2.46. The van der Waals surface area contributed by atoms with Crippen molar-refractivity contribution in [2.75, 3.05) is 5.32 Å². The number of nitrogens with one attached hydrogen (secondary N) is 1. The number of allylic oxidation sites excluding steroid dienone is 7. The van der Waals surface area contributed by atoms with E-state index in [9.17, 15) is 0 Å². The van der Waals surface area contributed by atoms with Gasteiger partial charge in [-0.25, -0.2) is 0 Å². The van der Waals surface area contributed by atoms with Gasteiger partial charge in [0.2, 0.25) is 0 Å². The van der Waals surface area contributed by atoms with Crippen LogP contribution < -0.4 is 5.32 Å². The highest BCUT2D eigenvalue weighted by Crippen LogP contribution is 2.54. The molecule has 4 rings (SSSR count). The zero-order valence-electron chi connectivity index (χ0n) is 12.3. The Morgan fingerprint density at radius 3 is 2.71 bits per heavy atom. The number of hydrogen-bond donors (Lipinski definition) is 1. The molecule has 102 valence electrons. The molecule has 1 aromatic carbocycles. The number of benzene rings is 1. The minimum absolute atomic E-state index is 0.0902.